The van der Waals surface area contributed by atoms with Gasteiger partial charge in [-0.1, -0.05) is 153 Å². The minimum Gasteiger partial charge on any atom is -0.456 e. The van der Waals surface area contributed by atoms with Crippen molar-refractivity contribution in [2.75, 3.05) is 4.90 Å². The summed E-state index contributed by atoms with van der Waals surface area (Å²) in [5.74, 6) is 0. The summed E-state index contributed by atoms with van der Waals surface area (Å²) in [5, 5.41) is 2.26. The van der Waals surface area contributed by atoms with Crippen LogP contribution >= 0.6 is 0 Å². The van der Waals surface area contributed by atoms with E-state index in [-0.39, 0.29) is 5.41 Å². The lowest BCUT2D eigenvalue weighted by Gasteiger charge is -2.26. The first-order chi connectivity index (χ1) is 26.0. The Labute approximate surface area is 310 Å². The Morgan fingerprint density at radius 3 is 1.57 bits per heavy atom. The third kappa shape index (κ3) is 5.10. The van der Waals surface area contributed by atoms with E-state index in [1.54, 1.807) is 0 Å². The molecular formula is C51H37NO. The van der Waals surface area contributed by atoms with Crippen molar-refractivity contribution in [3.63, 3.8) is 0 Å². The molecule has 53 heavy (non-hydrogen) atoms. The highest BCUT2D eigenvalue weighted by molar-refractivity contribution is 6.18. The van der Waals surface area contributed by atoms with Gasteiger partial charge in [-0.05, 0) is 98.6 Å². The molecule has 0 spiro atoms. The van der Waals surface area contributed by atoms with Crippen molar-refractivity contribution in [1.29, 1.82) is 0 Å². The number of anilines is 3. The van der Waals surface area contributed by atoms with Crippen LogP contribution in [0.15, 0.2) is 192 Å². The molecule has 9 aromatic rings. The number of nitrogens with zero attached hydrogens (tertiary/aromatic N) is 1. The second-order valence-corrected chi connectivity index (χ2v) is 14.5. The van der Waals surface area contributed by atoms with Crippen LogP contribution in [0, 0.1) is 0 Å². The average molecular weight is 680 g/mol. The Balaban J connectivity index is 1.13. The van der Waals surface area contributed by atoms with Crippen LogP contribution in [0.5, 0.6) is 0 Å². The maximum Gasteiger partial charge on any atom is 0.136 e. The molecule has 0 saturated heterocycles. The molecule has 0 N–H and O–H groups in total. The minimum atomic E-state index is -0.145. The SMILES string of the molecule is CC1(C)c2ccccc2-c2c1cc1oc3ccc(N(c4ccccc4)c4ccc(-c5ccc(-c6ccccc6)cc5)cc4)cc3c1c2-c1ccccc1. The highest BCUT2D eigenvalue weighted by Crippen LogP contribution is 2.55. The highest BCUT2D eigenvalue weighted by Gasteiger charge is 2.38. The first-order valence-electron chi connectivity index (χ1n) is 18.3. The van der Waals surface area contributed by atoms with E-state index in [2.05, 4.69) is 207 Å². The van der Waals surface area contributed by atoms with Gasteiger partial charge >= 0.3 is 0 Å². The van der Waals surface area contributed by atoms with Gasteiger partial charge in [-0.25, -0.2) is 0 Å². The van der Waals surface area contributed by atoms with Crippen LogP contribution in [0.1, 0.15) is 25.0 Å². The van der Waals surface area contributed by atoms with Crippen LogP contribution in [0.2, 0.25) is 0 Å². The van der Waals surface area contributed by atoms with Gasteiger partial charge < -0.3 is 9.32 Å². The fourth-order valence-electron chi connectivity index (χ4n) is 8.44. The van der Waals surface area contributed by atoms with Crippen molar-refractivity contribution in [3.05, 3.63) is 199 Å². The van der Waals surface area contributed by atoms with Crippen molar-refractivity contribution >= 4 is 39.0 Å². The molecule has 2 nitrogen and oxygen atoms in total. The molecule has 8 aromatic carbocycles. The number of furan rings is 1. The molecule has 1 aliphatic rings. The molecule has 0 amide bonds. The number of hydrogen-bond donors (Lipinski definition) is 0. The second kappa shape index (κ2) is 12.3. The summed E-state index contributed by atoms with van der Waals surface area (Å²) in [7, 11) is 0. The van der Waals surface area contributed by atoms with Crippen molar-refractivity contribution in [2.24, 2.45) is 0 Å². The summed E-state index contributed by atoms with van der Waals surface area (Å²) in [4.78, 5) is 2.34. The van der Waals surface area contributed by atoms with Gasteiger partial charge in [0.2, 0.25) is 0 Å². The number of hydrogen-bond acceptors (Lipinski definition) is 2. The molecule has 1 aromatic heterocycles. The Kier molecular flexibility index (Phi) is 7.19. The summed E-state index contributed by atoms with van der Waals surface area (Å²) in [6.07, 6.45) is 0. The lowest BCUT2D eigenvalue weighted by Crippen LogP contribution is -2.14. The maximum absolute atomic E-state index is 6.76. The summed E-state index contributed by atoms with van der Waals surface area (Å²) >= 11 is 0. The largest absolute Gasteiger partial charge is 0.456 e. The molecule has 1 aliphatic carbocycles. The molecule has 0 saturated carbocycles. The Morgan fingerprint density at radius 1 is 0.396 bits per heavy atom. The van der Waals surface area contributed by atoms with Crippen molar-refractivity contribution in [1.82, 2.24) is 0 Å². The van der Waals surface area contributed by atoms with Gasteiger partial charge in [0.15, 0.2) is 0 Å². The van der Waals surface area contributed by atoms with E-state index < -0.39 is 0 Å². The van der Waals surface area contributed by atoms with Crippen LogP contribution in [0.25, 0.3) is 66.4 Å². The zero-order valence-corrected chi connectivity index (χ0v) is 29.8. The highest BCUT2D eigenvalue weighted by atomic mass is 16.3. The Morgan fingerprint density at radius 2 is 0.906 bits per heavy atom. The van der Waals surface area contributed by atoms with Gasteiger partial charge in [-0.15, -0.1) is 0 Å². The smallest absolute Gasteiger partial charge is 0.136 e. The first-order valence-corrected chi connectivity index (χ1v) is 18.3. The van der Waals surface area contributed by atoms with E-state index in [4.69, 9.17) is 4.42 Å². The van der Waals surface area contributed by atoms with E-state index in [1.807, 2.05) is 0 Å². The topological polar surface area (TPSA) is 16.4 Å². The van der Waals surface area contributed by atoms with E-state index in [0.29, 0.717) is 0 Å². The summed E-state index contributed by atoms with van der Waals surface area (Å²) in [6.45, 7) is 4.67. The molecule has 0 fully saturated rings. The predicted molar refractivity (Wildman–Crippen MR) is 222 cm³/mol. The zero-order chi connectivity index (χ0) is 35.5. The monoisotopic (exact) mass is 679 g/mol. The predicted octanol–water partition coefficient (Wildman–Crippen LogP) is 14.4. The van der Waals surface area contributed by atoms with Gasteiger partial charge in [0.1, 0.15) is 11.2 Å². The van der Waals surface area contributed by atoms with E-state index in [9.17, 15) is 0 Å². The Hall–Kier alpha value is -6.64. The number of fused-ring (bicyclic) bond motifs is 6. The quantitative estimate of drug-likeness (QED) is 0.174. The van der Waals surface area contributed by atoms with E-state index in [0.717, 1.165) is 39.0 Å². The normalized spacial score (nSPS) is 12.9. The summed E-state index contributed by atoms with van der Waals surface area (Å²) in [5.41, 5.74) is 17.5. The lowest BCUT2D eigenvalue weighted by atomic mass is 9.81. The Bertz CT molecular complexity index is 2760. The number of para-hydroxylation sites is 1. The number of benzene rings is 8. The van der Waals surface area contributed by atoms with Gasteiger partial charge in [-0.2, -0.15) is 0 Å². The lowest BCUT2D eigenvalue weighted by molar-refractivity contribution is 0.647. The molecule has 0 radical (unpaired) electrons. The number of rotatable bonds is 6. The first kappa shape index (κ1) is 31.1. The molecule has 252 valence electrons. The molecule has 1 heterocycles. The molecule has 10 rings (SSSR count). The van der Waals surface area contributed by atoms with Crippen LogP contribution in [0.4, 0.5) is 17.1 Å². The second-order valence-electron chi connectivity index (χ2n) is 14.5. The molecule has 0 bridgehead atoms. The van der Waals surface area contributed by atoms with Crippen LogP contribution < -0.4 is 4.90 Å². The van der Waals surface area contributed by atoms with Crippen molar-refractivity contribution in [3.8, 4) is 44.5 Å². The molecule has 2 heteroatoms. The molecular weight excluding hydrogens is 643 g/mol. The average Bonchev–Trinajstić information content (AvgIpc) is 3.70. The summed E-state index contributed by atoms with van der Waals surface area (Å²) < 4.78 is 6.76. The zero-order valence-electron chi connectivity index (χ0n) is 29.8. The molecule has 0 aliphatic heterocycles. The third-order valence-electron chi connectivity index (χ3n) is 11.1. The van der Waals surface area contributed by atoms with Gasteiger partial charge in [0.25, 0.3) is 0 Å². The van der Waals surface area contributed by atoms with Gasteiger partial charge in [0, 0.05) is 38.8 Å². The van der Waals surface area contributed by atoms with Gasteiger partial charge in [0.05, 0.1) is 0 Å². The minimum absolute atomic E-state index is 0.145. The molecule has 0 atom stereocenters. The fourth-order valence-corrected chi connectivity index (χ4v) is 8.44. The van der Waals surface area contributed by atoms with Crippen molar-refractivity contribution < 1.29 is 4.42 Å². The van der Waals surface area contributed by atoms with Crippen molar-refractivity contribution in [2.45, 2.75) is 19.3 Å². The van der Waals surface area contributed by atoms with E-state index in [1.165, 1.54) is 55.6 Å². The van der Waals surface area contributed by atoms with Crippen LogP contribution in [-0.4, -0.2) is 0 Å². The third-order valence-corrected chi connectivity index (χ3v) is 11.1. The maximum atomic E-state index is 6.76. The summed E-state index contributed by atoms with van der Waals surface area (Å²) in [6, 6.07) is 67.6. The molecule has 0 unspecified atom stereocenters. The fraction of sp³-hybridized carbons (Fsp3) is 0.0588. The standard InChI is InChI=1S/C51H37NO/c1-51(2)44-21-13-12-20-42(44)49-45(51)33-47-50(48(49)38-16-8-4-9-17-38)43-32-41(30-31-46(43)53-47)52(39-18-10-5-11-19-39)40-28-26-37(27-29-40)36-24-22-35(23-25-36)34-14-6-3-7-15-34/h3-33H,1-2H3. The van der Waals surface area contributed by atoms with Crippen LogP contribution in [0.3, 0.4) is 0 Å². The van der Waals surface area contributed by atoms with E-state index >= 15 is 0 Å². The van der Waals surface area contributed by atoms with Crippen LogP contribution in [-0.2, 0) is 5.41 Å². The van der Waals surface area contributed by atoms with Gasteiger partial charge in [-0.3, -0.25) is 0 Å².